The summed E-state index contributed by atoms with van der Waals surface area (Å²) in [6.07, 6.45) is 6.69. The lowest BCUT2D eigenvalue weighted by molar-refractivity contribution is -0.125. The van der Waals surface area contributed by atoms with Crippen molar-refractivity contribution in [2.24, 2.45) is 11.8 Å². The minimum absolute atomic E-state index is 0.182. The molecule has 23 heavy (non-hydrogen) atoms. The van der Waals surface area contributed by atoms with Crippen molar-refractivity contribution in [2.45, 2.75) is 58.4 Å². The summed E-state index contributed by atoms with van der Waals surface area (Å²) in [6, 6.07) is 2.13. The van der Waals surface area contributed by atoms with E-state index in [1.165, 1.54) is 34.6 Å². The van der Waals surface area contributed by atoms with E-state index in [0.29, 0.717) is 16.7 Å². The molecule has 0 saturated heterocycles. The van der Waals surface area contributed by atoms with Crippen molar-refractivity contribution in [2.75, 3.05) is 6.61 Å². The summed E-state index contributed by atoms with van der Waals surface area (Å²) in [5, 5.41) is 3.03. The largest absolute Gasteiger partial charge is 0.451 e. The van der Waals surface area contributed by atoms with Crippen molar-refractivity contribution in [1.82, 2.24) is 5.32 Å². The van der Waals surface area contributed by atoms with Gasteiger partial charge in [-0.15, -0.1) is 11.3 Å². The molecule has 1 fully saturated rings. The highest BCUT2D eigenvalue weighted by Crippen LogP contribution is 2.31. The molecule has 5 heteroatoms. The van der Waals surface area contributed by atoms with Crippen LogP contribution in [-0.2, 0) is 22.4 Å². The summed E-state index contributed by atoms with van der Waals surface area (Å²) in [4.78, 5) is 26.0. The van der Waals surface area contributed by atoms with E-state index < -0.39 is 0 Å². The normalized spacial score (nSPS) is 26.6. The van der Waals surface area contributed by atoms with Gasteiger partial charge < -0.3 is 10.1 Å². The highest BCUT2D eigenvalue weighted by molar-refractivity contribution is 7.14. The van der Waals surface area contributed by atoms with Crippen LogP contribution in [0.15, 0.2) is 6.07 Å². The molecule has 0 aliphatic heterocycles. The first-order chi connectivity index (χ1) is 11.0. The number of aryl methyl sites for hydroxylation is 2. The fourth-order valence-corrected chi connectivity index (χ4v) is 4.81. The lowest BCUT2D eigenvalue weighted by Crippen LogP contribution is -2.45. The number of ether oxygens (including phenoxy) is 1. The van der Waals surface area contributed by atoms with Crippen LogP contribution >= 0.6 is 11.3 Å². The summed E-state index contributed by atoms with van der Waals surface area (Å²) in [5.41, 5.74) is 1.27. The topological polar surface area (TPSA) is 55.4 Å². The standard InChI is InChI=1S/C18H25NO3S/c1-11-5-3-7-14(12(11)2)19-17(20)10-22-18(21)16-9-13-6-4-8-15(13)23-16/h9,11-12,14H,3-8,10H2,1-2H3,(H,19,20)/t11-,12-,14+/m1/s1. The molecule has 2 aliphatic carbocycles. The number of esters is 1. The molecule has 0 radical (unpaired) electrons. The molecule has 1 N–H and O–H groups in total. The first kappa shape index (κ1) is 16.5. The van der Waals surface area contributed by atoms with Gasteiger partial charge in [-0.3, -0.25) is 4.79 Å². The molecular weight excluding hydrogens is 310 g/mol. The molecule has 1 aromatic rings. The molecule has 126 valence electrons. The van der Waals surface area contributed by atoms with Gasteiger partial charge in [0.05, 0.1) is 0 Å². The third-order valence-corrected chi connectivity index (χ3v) is 6.55. The van der Waals surface area contributed by atoms with E-state index in [-0.39, 0.29) is 24.5 Å². The predicted molar refractivity (Wildman–Crippen MR) is 90.7 cm³/mol. The monoisotopic (exact) mass is 335 g/mol. The number of carbonyl (C=O) groups excluding carboxylic acids is 2. The van der Waals surface area contributed by atoms with Gasteiger partial charge in [-0.05, 0) is 49.1 Å². The number of thiophene rings is 1. The third-order valence-electron chi connectivity index (χ3n) is 5.34. The van der Waals surface area contributed by atoms with E-state index >= 15 is 0 Å². The highest BCUT2D eigenvalue weighted by Gasteiger charge is 2.28. The van der Waals surface area contributed by atoms with E-state index in [1.807, 2.05) is 6.07 Å². The van der Waals surface area contributed by atoms with E-state index in [1.54, 1.807) is 0 Å². The first-order valence-corrected chi connectivity index (χ1v) is 9.44. The van der Waals surface area contributed by atoms with Gasteiger partial charge in [-0.2, -0.15) is 0 Å². The van der Waals surface area contributed by atoms with Gasteiger partial charge in [0.1, 0.15) is 4.88 Å². The summed E-state index contributed by atoms with van der Waals surface area (Å²) < 4.78 is 5.19. The number of amides is 1. The number of fused-ring (bicyclic) bond motifs is 1. The predicted octanol–water partition coefficient (Wildman–Crippen LogP) is 3.33. The van der Waals surface area contributed by atoms with Crippen LogP contribution in [0.5, 0.6) is 0 Å². The maximum atomic E-state index is 12.1. The van der Waals surface area contributed by atoms with Crippen LogP contribution in [-0.4, -0.2) is 24.5 Å². The van der Waals surface area contributed by atoms with Gasteiger partial charge in [0, 0.05) is 10.9 Å². The Labute approximate surface area is 141 Å². The number of carbonyl (C=O) groups is 2. The molecule has 1 amide bonds. The van der Waals surface area contributed by atoms with Crippen LogP contribution in [0.3, 0.4) is 0 Å². The number of hydrogen-bond acceptors (Lipinski definition) is 4. The van der Waals surface area contributed by atoms with Gasteiger partial charge >= 0.3 is 5.97 Å². The molecule has 3 atom stereocenters. The van der Waals surface area contributed by atoms with Gasteiger partial charge in [0.2, 0.25) is 0 Å². The third kappa shape index (κ3) is 3.77. The van der Waals surface area contributed by atoms with Gasteiger partial charge in [-0.25, -0.2) is 4.79 Å². The quantitative estimate of drug-likeness (QED) is 0.859. The van der Waals surface area contributed by atoms with Crippen molar-refractivity contribution in [3.05, 3.63) is 21.4 Å². The van der Waals surface area contributed by atoms with Crippen LogP contribution in [0.1, 0.15) is 59.6 Å². The van der Waals surface area contributed by atoms with E-state index in [2.05, 4.69) is 19.2 Å². The number of rotatable bonds is 4. The Morgan fingerprint density at radius 2 is 2.09 bits per heavy atom. The molecular formula is C18H25NO3S. The lowest BCUT2D eigenvalue weighted by Gasteiger charge is -2.34. The molecule has 1 aromatic heterocycles. The van der Waals surface area contributed by atoms with E-state index in [9.17, 15) is 9.59 Å². The average molecular weight is 335 g/mol. The second kappa shape index (κ2) is 7.04. The fraction of sp³-hybridized carbons (Fsp3) is 0.667. The van der Waals surface area contributed by atoms with E-state index in [4.69, 9.17) is 4.74 Å². The molecule has 4 nitrogen and oxygen atoms in total. The Balaban J connectivity index is 1.47. The van der Waals surface area contributed by atoms with Gasteiger partial charge in [0.15, 0.2) is 6.61 Å². The molecule has 1 saturated carbocycles. The molecule has 0 unspecified atom stereocenters. The second-order valence-corrected chi connectivity index (χ2v) is 8.07. The average Bonchev–Trinajstić information content (AvgIpc) is 3.11. The van der Waals surface area contributed by atoms with Crippen LogP contribution in [0.2, 0.25) is 0 Å². The molecule has 0 aromatic carbocycles. The maximum absolute atomic E-state index is 12.1. The zero-order chi connectivity index (χ0) is 16.4. The van der Waals surface area contributed by atoms with Crippen molar-refractivity contribution in [3.8, 4) is 0 Å². The van der Waals surface area contributed by atoms with Crippen LogP contribution < -0.4 is 5.32 Å². The van der Waals surface area contributed by atoms with Gasteiger partial charge in [0.25, 0.3) is 5.91 Å². The minimum Gasteiger partial charge on any atom is -0.451 e. The smallest absolute Gasteiger partial charge is 0.348 e. The Kier molecular flexibility index (Phi) is 5.05. The number of hydrogen-bond donors (Lipinski definition) is 1. The van der Waals surface area contributed by atoms with E-state index in [0.717, 1.165) is 25.7 Å². The second-order valence-electron chi connectivity index (χ2n) is 6.93. The molecule has 2 aliphatic rings. The van der Waals surface area contributed by atoms with Crippen molar-refractivity contribution < 1.29 is 14.3 Å². The molecule has 1 heterocycles. The highest BCUT2D eigenvalue weighted by atomic mass is 32.1. The molecule has 0 bridgehead atoms. The first-order valence-electron chi connectivity index (χ1n) is 8.62. The zero-order valence-electron chi connectivity index (χ0n) is 13.9. The number of nitrogens with one attached hydrogen (secondary N) is 1. The maximum Gasteiger partial charge on any atom is 0.348 e. The van der Waals surface area contributed by atoms with Crippen molar-refractivity contribution >= 4 is 23.2 Å². The Hall–Kier alpha value is -1.36. The van der Waals surface area contributed by atoms with Crippen LogP contribution in [0, 0.1) is 11.8 Å². The summed E-state index contributed by atoms with van der Waals surface area (Å²) >= 11 is 1.51. The van der Waals surface area contributed by atoms with Crippen LogP contribution in [0.4, 0.5) is 0 Å². The Morgan fingerprint density at radius 3 is 2.87 bits per heavy atom. The summed E-state index contributed by atoms with van der Waals surface area (Å²) in [6.45, 7) is 4.24. The Morgan fingerprint density at radius 1 is 1.26 bits per heavy atom. The summed E-state index contributed by atoms with van der Waals surface area (Å²) in [7, 11) is 0. The zero-order valence-corrected chi connectivity index (χ0v) is 14.7. The molecule has 0 spiro atoms. The van der Waals surface area contributed by atoms with Gasteiger partial charge in [-0.1, -0.05) is 26.7 Å². The minimum atomic E-state index is -0.371. The molecule has 3 rings (SSSR count). The lowest BCUT2D eigenvalue weighted by atomic mass is 9.78. The van der Waals surface area contributed by atoms with Crippen molar-refractivity contribution in [3.63, 3.8) is 0 Å². The van der Waals surface area contributed by atoms with Crippen molar-refractivity contribution in [1.29, 1.82) is 0 Å². The Bertz CT molecular complexity index is 574. The van der Waals surface area contributed by atoms with Crippen LogP contribution in [0.25, 0.3) is 0 Å². The fourth-order valence-electron chi connectivity index (χ4n) is 3.67. The SMILES string of the molecule is C[C@@H]1[C@H](C)CCC[C@@H]1NC(=O)COC(=O)c1cc2c(s1)CCC2. The summed E-state index contributed by atoms with van der Waals surface area (Å²) in [5.74, 6) is 0.548.